The van der Waals surface area contributed by atoms with Crippen LogP contribution in [-0.2, 0) is 11.2 Å². The van der Waals surface area contributed by atoms with E-state index in [4.69, 9.17) is 4.74 Å². The third-order valence-electron chi connectivity index (χ3n) is 6.30. The van der Waals surface area contributed by atoms with E-state index in [1.54, 1.807) is 19.2 Å². The first-order valence-electron chi connectivity index (χ1n) is 10.3. The van der Waals surface area contributed by atoms with E-state index < -0.39 is 0 Å². The number of carbonyl (C=O) groups is 2. The fraction of sp³-hybridized carbons (Fsp3) is 0.417. The summed E-state index contributed by atoms with van der Waals surface area (Å²) in [6, 6.07) is 12.3. The third-order valence-corrected chi connectivity index (χ3v) is 6.30. The molecule has 4 rings (SSSR count). The maximum atomic E-state index is 13.5. The highest BCUT2D eigenvalue weighted by atomic mass is 19.1. The molecule has 0 aromatic heterocycles. The minimum Gasteiger partial charge on any atom is -0.496 e. The highest BCUT2D eigenvalue weighted by molar-refractivity contribution is 6.01. The number of piperidine rings is 1. The number of ether oxygens (including phenoxy) is 1. The van der Waals surface area contributed by atoms with Crippen molar-refractivity contribution in [2.45, 2.75) is 38.0 Å². The van der Waals surface area contributed by atoms with E-state index in [0.717, 1.165) is 29.7 Å². The SMILES string of the molecule is COc1cccc2c1CCC(C(=O)N1CCC(c3cccc(F)c3)CC1)CC2=O. The summed E-state index contributed by atoms with van der Waals surface area (Å²) in [4.78, 5) is 27.8. The molecule has 5 heteroatoms. The number of halogens is 1. The van der Waals surface area contributed by atoms with Crippen molar-refractivity contribution >= 4 is 11.7 Å². The Morgan fingerprint density at radius 1 is 1.10 bits per heavy atom. The lowest BCUT2D eigenvalue weighted by atomic mass is 9.88. The lowest BCUT2D eigenvalue weighted by molar-refractivity contribution is -0.136. The number of ketones is 1. The molecule has 1 aliphatic carbocycles. The van der Waals surface area contributed by atoms with Gasteiger partial charge in [-0.15, -0.1) is 0 Å². The number of nitrogens with zero attached hydrogens (tertiary/aromatic N) is 1. The van der Waals surface area contributed by atoms with E-state index >= 15 is 0 Å². The van der Waals surface area contributed by atoms with Gasteiger partial charge in [-0.2, -0.15) is 0 Å². The van der Waals surface area contributed by atoms with Gasteiger partial charge in [0, 0.05) is 36.6 Å². The first-order valence-corrected chi connectivity index (χ1v) is 10.3. The smallest absolute Gasteiger partial charge is 0.226 e. The molecule has 0 spiro atoms. The number of methoxy groups -OCH3 is 1. The summed E-state index contributed by atoms with van der Waals surface area (Å²) in [6.45, 7) is 1.31. The van der Waals surface area contributed by atoms with Gasteiger partial charge in [-0.25, -0.2) is 4.39 Å². The summed E-state index contributed by atoms with van der Waals surface area (Å²) in [5, 5.41) is 0. The first-order chi connectivity index (χ1) is 14.1. The topological polar surface area (TPSA) is 46.6 Å². The Bertz CT molecular complexity index is 918. The second-order valence-corrected chi connectivity index (χ2v) is 8.00. The maximum Gasteiger partial charge on any atom is 0.226 e. The number of hydrogen-bond donors (Lipinski definition) is 0. The van der Waals surface area contributed by atoms with Crippen LogP contribution in [0.15, 0.2) is 42.5 Å². The molecule has 29 heavy (non-hydrogen) atoms. The first kappa shape index (κ1) is 19.6. The fourth-order valence-corrected chi connectivity index (χ4v) is 4.69. The second kappa shape index (κ2) is 8.36. The Hall–Kier alpha value is -2.69. The molecule has 2 aromatic rings. The minimum absolute atomic E-state index is 0.0180. The van der Waals surface area contributed by atoms with E-state index in [-0.39, 0.29) is 35.8 Å². The Morgan fingerprint density at radius 3 is 2.59 bits per heavy atom. The van der Waals surface area contributed by atoms with Crippen LogP contribution in [0.2, 0.25) is 0 Å². The number of rotatable bonds is 3. The van der Waals surface area contributed by atoms with E-state index in [2.05, 4.69) is 0 Å². The van der Waals surface area contributed by atoms with Crippen LogP contribution in [0.4, 0.5) is 4.39 Å². The number of hydrogen-bond acceptors (Lipinski definition) is 3. The zero-order valence-electron chi connectivity index (χ0n) is 16.7. The van der Waals surface area contributed by atoms with Gasteiger partial charge in [0.1, 0.15) is 11.6 Å². The molecule has 0 radical (unpaired) electrons. The molecule has 152 valence electrons. The number of likely N-dealkylation sites (tertiary alicyclic amines) is 1. The number of Topliss-reactive ketones (excluding diaryl/α,β-unsaturated/α-hetero) is 1. The molecule has 1 atom stereocenters. The van der Waals surface area contributed by atoms with E-state index in [1.165, 1.54) is 6.07 Å². The zero-order valence-corrected chi connectivity index (χ0v) is 16.7. The molecule has 0 saturated carbocycles. The summed E-state index contributed by atoms with van der Waals surface area (Å²) in [5.74, 6) is 0.587. The van der Waals surface area contributed by atoms with Crippen molar-refractivity contribution in [3.8, 4) is 5.75 Å². The van der Waals surface area contributed by atoms with Gasteiger partial charge in [0.2, 0.25) is 5.91 Å². The summed E-state index contributed by atoms with van der Waals surface area (Å²) in [5.41, 5.74) is 2.61. The molecule has 0 bridgehead atoms. The molecule has 1 heterocycles. The Kier molecular flexibility index (Phi) is 5.65. The zero-order chi connectivity index (χ0) is 20.4. The number of fused-ring (bicyclic) bond motifs is 1. The molecule has 1 unspecified atom stereocenters. The van der Waals surface area contributed by atoms with Crippen LogP contribution in [-0.4, -0.2) is 36.8 Å². The average molecular weight is 395 g/mol. The largest absolute Gasteiger partial charge is 0.496 e. The molecule has 1 amide bonds. The van der Waals surface area contributed by atoms with Crippen LogP contribution in [0.1, 0.15) is 53.1 Å². The van der Waals surface area contributed by atoms with Crippen LogP contribution in [0.3, 0.4) is 0 Å². The van der Waals surface area contributed by atoms with E-state index in [0.29, 0.717) is 31.5 Å². The normalized spacial score (nSPS) is 20.1. The van der Waals surface area contributed by atoms with Crippen molar-refractivity contribution in [1.82, 2.24) is 4.90 Å². The van der Waals surface area contributed by atoms with Crippen molar-refractivity contribution in [2.24, 2.45) is 5.92 Å². The maximum absolute atomic E-state index is 13.5. The van der Waals surface area contributed by atoms with Gasteiger partial charge < -0.3 is 9.64 Å². The van der Waals surface area contributed by atoms with Crippen molar-refractivity contribution in [3.05, 3.63) is 65.0 Å². The van der Waals surface area contributed by atoms with E-state index in [9.17, 15) is 14.0 Å². The molecule has 2 aliphatic rings. The second-order valence-electron chi connectivity index (χ2n) is 8.00. The van der Waals surface area contributed by atoms with Gasteiger partial charge in [0.15, 0.2) is 5.78 Å². The lowest BCUT2D eigenvalue weighted by Gasteiger charge is -2.34. The molecule has 1 fully saturated rings. The molecular weight excluding hydrogens is 369 g/mol. The van der Waals surface area contributed by atoms with Crippen LogP contribution >= 0.6 is 0 Å². The van der Waals surface area contributed by atoms with Crippen LogP contribution < -0.4 is 4.74 Å². The van der Waals surface area contributed by atoms with Gasteiger partial charge >= 0.3 is 0 Å². The summed E-state index contributed by atoms with van der Waals surface area (Å²) >= 11 is 0. The molecule has 2 aromatic carbocycles. The predicted molar refractivity (Wildman–Crippen MR) is 109 cm³/mol. The van der Waals surface area contributed by atoms with Crippen LogP contribution in [0.5, 0.6) is 5.75 Å². The molecule has 4 nitrogen and oxygen atoms in total. The van der Waals surface area contributed by atoms with Gasteiger partial charge in [-0.3, -0.25) is 9.59 Å². The van der Waals surface area contributed by atoms with Crippen molar-refractivity contribution in [2.75, 3.05) is 20.2 Å². The summed E-state index contributed by atoms with van der Waals surface area (Å²) in [7, 11) is 1.61. The fourth-order valence-electron chi connectivity index (χ4n) is 4.69. The minimum atomic E-state index is -0.287. The highest BCUT2D eigenvalue weighted by Crippen LogP contribution is 2.33. The highest BCUT2D eigenvalue weighted by Gasteiger charge is 2.33. The van der Waals surface area contributed by atoms with Crippen molar-refractivity contribution < 1.29 is 18.7 Å². The predicted octanol–water partition coefficient (Wildman–Crippen LogP) is 4.38. The lowest BCUT2D eigenvalue weighted by Crippen LogP contribution is -2.41. The standard InChI is InChI=1S/C24H26FNO3/c1-29-23-7-3-6-20-21(23)9-8-18(15-22(20)27)24(28)26-12-10-16(11-13-26)17-4-2-5-19(25)14-17/h2-7,14,16,18H,8-13,15H2,1H3. The quantitative estimate of drug-likeness (QED) is 0.725. The van der Waals surface area contributed by atoms with Crippen molar-refractivity contribution in [3.63, 3.8) is 0 Å². The summed E-state index contributed by atoms with van der Waals surface area (Å²) in [6.07, 6.45) is 3.22. The van der Waals surface area contributed by atoms with Gasteiger partial charge in [0.25, 0.3) is 0 Å². The van der Waals surface area contributed by atoms with Gasteiger partial charge in [0.05, 0.1) is 7.11 Å². The Balaban J connectivity index is 1.41. The molecule has 0 N–H and O–H groups in total. The molecular formula is C24H26FNO3. The molecule has 1 saturated heterocycles. The van der Waals surface area contributed by atoms with E-state index in [1.807, 2.05) is 29.2 Å². The van der Waals surface area contributed by atoms with Crippen LogP contribution in [0.25, 0.3) is 0 Å². The Labute approximate surface area is 170 Å². The number of benzene rings is 2. The van der Waals surface area contributed by atoms with Crippen molar-refractivity contribution in [1.29, 1.82) is 0 Å². The van der Waals surface area contributed by atoms with Gasteiger partial charge in [-0.05, 0) is 55.4 Å². The summed E-state index contributed by atoms with van der Waals surface area (Å²) < 4.78 is 18.9. The monoisotopic (exact) mass is 395 g/mol. The van der Waals surface area contributed by atoms with Gasteiger partial charge in [-0.1, -0.05) is 24.3 Å². The Morgan fingerprint density at radius 2 is 1.86 bits per heavy atom. The van der Waals surface area contributed by atoms with Crippen LogP contribution in [0, 0.1) is 11.7 Å². The number of amides is 1. The third kappa shape index (κ3) is 4.04. The molecule has 1 aliphatic heterocycles. The number of carbonyl (C=O) groups excluding carboxylic acids is 2. The average Bonchev–Trinajstić information content (AvgIpc) is 2.92.